The van der Waals surface area contributed by atoms with Gasteiger partial charge in [-0.15, -0.1) is 0 Å². The maximum absolute atomic E-state index is 10.7. The minimum atomic E-state index is -5.84. The molecule has 0 radical (unpaired) electrons. The van der Waals surface area contributed by atoms with Gasteiger partial charge in [-0.2, -0.15) is 21.6 Å². The Labute approximate surface area is 195 Å². The Balaban J connectivity index is 0.000000297. The summed E-state index contributed by atoms with van der Waals surface area (Å²) >= 11 is 0. The molecule has 4 aromatic carbocycles. The Morgan fingerprint density at radius 1 is 0.765 bits per heavy atom. The molecule has 4 aromatic rings. The summed E-state index contributed by atoms with van der Waals surface area (Å²) in [7, 11) is -5.84. The van der Waals surface area contributed by atoms with Crippen LogP contribution in [0.3, 0.4) is 0 Å². The SMILES string of the molecule is Cc1c(-c2ccc(O)c3ccccc23)cc2c(c1C)Cc1ccccc1-2.O=S(=O)(O)C(F)(F)F. The highest BCUT2D eigenvalue weighted by Crippen LogP contribution is 2.44. The normalized spacial score (nSPS) is 12.6. The van der Waals surface area contributed by atoms with Gasteiger partial charge in [-0.25, -0.2) is 0 Å². The fourth-order valence-corrected chi connectivity index (χ4v) is 4.36. The van der Waals surface area contributed by atoms with Gasteiger partial charge in [-0.1, -0.05) is 54.6 Å². The minimum absolute atomic E-state index is 0.338. The van der Waals surface area contributed by atoms with E-state index in [9.17, 15) is 18.3 Å². The standard InChI is InChI=1S/C25H20O.CHF3O3S/c1-15-16(2)23(14-24-18-8-4-3-7-17(18)13-22(15)24)20-11-12-25(26)21-10-6-5-9-19(20)21;2-1(3,4)8(5,6)7/h3-12,14,26H,13H2,1-2H3;(H,5,6,7). The van der Waals surface area contributed by atoms with Gasteiger partial charge in [0.25, 0.3) is 0 Å². The molecule has 8 heteroatoms. The lowest BCUT2D eigenvalue weighted by Crippen LogP contribution is -2.21. The number of aromatic hydroxyl groups is 1. The topological polar surface area (TPSA) is 74.6 Å². The molecule has 0 aliphatic heterocycles. The quantitative estimate of drug-likeness (QED) is 0.202. The summed E-state index contributed by atoms with van der Waals surface area (Å²) in [5.74, 6) is 0.338. The van der Waals surface area contributed by atoms with Gasteiger partial charge in [-0.3, -0.25) is 4.55 Å². The zero-order valence-corrected chi connectivity index (χ0v) is 19.1. The van der Waals surface area contributed by atoms with Crippen molar-refractivity contribution in [1.82, 2.24) is 0 Å². The summed E-state index contributed by atoms with van der Waals surface area (Å²) in [6.45, 7) is 4.46. The number of benzene rings is 4. The van der Waals surface area contributed by atoms with Crippen LogP contribution < -0.4 is 0 Å². The van der Waals surface area contributed by atoms with Crippen LogP contribution in [-0.4, -0.2) is 23.6 Å². The number of alkyl halides is 3. The van der Waals surface area contributed by atoms with Crippen LogP contribution in [0.4, 0.5) is 13.2 Å². The first-order chi connectivity index (χ1) is 15.9. The molecule has 0 saturated heterocycles. The van der Waals surface area contributed by atoms with Crippen molar-refractivity contribution in [2.75, 3.05) is 0 Å². The summed E-state index contributed by atoms with van der Waals surface area (Å²) in [6, 6.07) is 23.0. The monoisotopic (exact) mass is 486 g/mol. The van der Waals surface area contributed by atoms with Gasteiger partial charge in [0.05, 0.1) is 0 Å². The van der Waals surface area contributed by atoms with E-state index in [-0.39, 0.29) is 0 Å². The lowest BCUT2D eigenvalue weighted by Gasteiger charge is -2.16. The Bertz CT molecular complexity index is 1520. The Morgan fingerprint density at radius 2 is 1.35 bits per heavy atom. The average molecular weight is 487 g/mol. The van der Waals surface area contributed by atoms with Crippen LogP contribution in [0.5, 0.6) is 5.75 Å². The molecule has 1 aliphatic rings. The molecule has 0 aromatic heterocycles. The maximum atomic E-state index is 10.7. The largest absolute Gasteiger partial charge is 0.522 e. The Hall–Kier alpha value is -3.36. The summed E-state index contributed by atoms with van der Waals surface area (Å²) in [5.41, 5.74) is 5.20. The third-order valence-electron chi connectivity index (χ3n) is 6.19. The smallest absolute Gasteiger partial charge is 0.507 e. The van der Waals surface area contributed by atoms with Crippen molar-refractivity contribution in [1.29, 1.82) is 0 Å². The average Bonchev–Trinajstić information content (AvgIpc) is 3.15. The second-order valence-corrected chi connectivity index (χ2v) is 9.55. The number of hydrogen-bond donors (Lipinski definition) is 2. The van der Waals surface area contributed by atoms with E-state index in [4.69, 9.17) is 13.0 Å². The molecule has 0 unspecified atom stereocenters. The number of hydrogen-bond acceptors (Lipinski definition) is 3. The second-order valence-electron chi connectivity index (χ2n) is 8.13. The Kier molecular flexibility index (Phi) is 5.91. The van der Waals surface area contributed by atoms with Crippen molar-refractivity contribution < 1.29 is 31.2 Å². The van der Waals surface area contributed by atoms with Gasteiger partial charge in [0.15, 0.2) is 0 Å². The van der Waals surface area contributed by atoms with E-state index in [0.29, 0.717) is 5.75 Å². The van der Waals surface area contributed by atoms with Crippen molar-refractivity contribution in [3.8, 4) is 28.0 Å². The van der Waals surface area contributed by atoms with E-state index in [1.807, 2.05) is 30.3 Å². The van der Waals surface area contributed by atoms with Crippen LogP contribution in [0.25, 0.3) is 33.0 Å². The molecule has 5 rings (SSSR count). The molecule has 0 amide bonds. The van der Waals surface area contributed by atoms with Crippen molar-refractivity contribution in [2.45, 2.75) is 25.8 Å². The summed E-state index contributed by atoms with van der Waals surface area (Å²) in [4.78, 5) is 0. The van der Waals surface area contributed by atoms with Crippen LogP contribution in [0.2, 0.25) is 0 Å². The molecule has 4 nitrogen and oxygen atoms in total. The minimum Gasteiger partial charge on any atom is -0.507 e. The summed E-state index contributed by atoms with van der Waals surface area (Å²) in [5, 5.41) is 12.3. The van der Waals surface area contributed by atoms with Gasteiger partial charge in [0, 0.05) is 5.39 Å². The lowest BCUT2D eigenvalue weighted by molar-refractivity contribution is -0.0510. The number of fused-ring (bicyclic) bond motifs is 4. The molecular weight excluding hydrogens is 465 g/mol. The van der Waals surface area contributed by atoms with Crippen LogP contribution in [0, 0.1) is 13.8 Å². The van der Waals surface area contributed by atoms with Crippen LogP contribution in [-0.2, 0) is 16.5 Å². The van der Waals surface area contributed by atoms with Crippen molar-refractivity contribution in [3.63, 3.8) is 0 Å². The maximum Gasteiger partial charge on any atom is 0.522 e. The van der Waals surface area contributed by atoms with Crippen LogP contribution >= 0.6 is 0 Å². The Morgan fingerprint density at radius 3 is 2.00 bits per heavy atom. The highest BCUT2D eigenvalue weighted by Gasteiger charge is 2.44. The molecule has 0 saturated carbocycles. The van der Waals surface area contributed by atoms with E-state index >= 15 is 0 Å². The van der Waals surface area contributed by atoms with Crippen molar-refractivity contribution >= 4 is 20.9 Å². The molecule has 176 valence electrons. The van der Waals surface area contributed by atoms with Crippen molar-refractivity contribution in [3.05, 3.63) is 89.0 Å². The zero-order valence-electron chi connectivity index (χ0n) is 18.3. The van der Waals surface area contributed by atoms with Crippen LogP contribution in [0.15, 0.2) is 66.7 Å². The number of halogens is 3. The van der Waals surface area contributed by atoms with E-state index < -0.39 is 15.6 Å². The van der Waals surface area contributed by atoms with E-state index in [2.05, 4.69) is 50.2 Å². The highest BCUT2D eigenvalue weighted by molar-refractivity contribution is 7.86. The summed E-state index contributed by atoms with van der Waals surface area (Å²) < 4.78 is 57.5. The third kappa shape index (κ3) is 4.15. The first-order valence-corrected chi connectivity index (χ1v) is 11.8. The van der Waals surface area contributed by atoms with Crippen LogP contribution in [0.1, 0.15) is 22.3 Å². The molecule has 34 heavy (non-hydrogen) atoms. The van der Waals surface area contributed by atoms with E-state index in [1.165, 1.54) is 44.5 Å². The molecular formula is C26H21F3O4S. The number of phenols is 1. The van der Waals surface area contributed by atoms with E-state index in [1.54, 1.807) is 0 Å². The first kappa shape index (κ1) is 23.8. The highest BCUT2D eigenvalue weighted by atomic mass is 32.2. The summed E-state index contributed by atoms with van der Waals surface area (Å²) in [6.07, 6.45) is 1.02. The molecule has 2 N–H and O–H groups in total. The zero-order chi connectivity index (χ0) is 24.8. The van der Waals surface area contributed by atoms with E-state index in [0.717, 1.165) is 17.2 Å². The molecule has 0 spiro atoms. The fraction of sp³-hybridized carbons (Fsp3) is 0.154. The molecule has 0 heterocycles. The lowest BCUT2D eigenvalue weighted by atomic mass is 9.88. The van der Waals surface area contributed by atoms with Gasteiger partial charge in [0.2, 0.25) is 0 Å². The predicted molar refractivity (Wildman–Crippen MR) is 126 cm³/mol. The number of phenolic OH excluding ortho intramolecular Hbond substituents is 1. The molecule has 0 fully saturated rings. The predicted octanol–water partition coefficient (Wildman–Crippen LogP) is 6.79. The van der Waals surface area contributed by atoms with Gasteiger partial charge in [0.1, 0.15) is 5.75 Å². The number of rotatable bonds is 1. The van der Waals surface area contributed by atoms with Gasteiger partial charge in [-0.05, 0) is 82.3 Å². The fourth-order valence-electron chi connectivity index (χ4n) is 4.36. The third-order valence-corrected chi connectivity index (χ3v) is 6.78. The second kappa shape index (κ2) is 8.45. The van der Waals surface area contributed by atoms with Gasteiger partial charge < -0.3 is 5.11 Å². The van der Waals surface area contributed by atoms with Crippen molar-refractivity contribution in [2.24, 2.45) is 0 Å². The molecule has 1 aliphatic carbocycles. The van der Waals surface area contributed by atoms with Gasteiger partial charge >= 0.3 is 15.6 Å². The first-order valence-electron chi connectivity index (χ1n) is 10.4. The molecule has 0 atom stereocenters. The molecule has 0 bridgehead atoms.